The molecule has 2 rings (SSSR count). The Morgan fingerprint density at radius 3 is 2.39 bits per heavy atom. The molecule has 0 fully saturated rings. The van der Waals surface area contributed by atoms with Gasteiger partial charge in [-0.15, -0.1) is 0 Å². The normalized spacial score (nSPS) is 10.2. The molecule has 148 valence electrons. The fraction of sp³-hybridized carbons (Fsp3) is 0.211. The van der Waals surface area contributed by atoms with E-state index in [0.29, 0.717) is 22.6 Å². The van der Waals surface area contributed by atoms with Crippen molar-refractivity contribution in [1.29, 1.82) is 0 Å². The first kappa shape index (κ1) is 21.9. The van der Waals surface area contributed by atoms with Gasteiger partial charge in [-0.3, -0.25) is 25.8 Å². The maximum absolute atomic E-state index is 12.3. The molecule has 0 bridgehead atoms. The quantitative estimate of drug-likeness (QED) is 0.324. The third-order valence-electron chi connectivity index (χ3n) is 3.40. The van der Waals surface area contributed by atoms with Gasteiger partial charge in [0.15, 0.2) is 5.11 Å². The summed E-state index contributed by atoms with van der Waals surface area (Å²) in [6, 6.07) is 11.7. The smallest absolute Gasteiger partial charge is 0.269 e. The lowest BCUT2D eigenvalue weighted by atomic mass is 10.2. The van der Waals surface area contributed by atoms with Crippen LogP contribution in [-0.2, 0) is 0 Å². The zero-order chi connectivity index (χ0) is 20.7. The van der Waals surface area contributed by atoms with Crippen LogP contribution in [-0.4, -0.2) is 30.1 Å². The molecule has 0 unspecified atom stereocenters. The van der Waals surface area contributed by atoms with Gasteiger partial charge >= 0.3 is 0 Å². The van der Waals surface area contributed by atoms with E-state index in [-0.39, 0.29) is 11.2 Å². The third kappa shape index (κ3) is 6.34. The van der Waals surface area contributed by atoms with Gasteiger partial charge in [0, 0.05) is 11.1 Å². The number of carbonyl (C=O) groups is 2. The highest BCUT2D eigenvalue weighted by Gasteiger charge is 2.12. The fourth-order valence-corrected chi connectivity index (χ4v) is 3.06. The number of rotatable bonds is 5. The summed E-state index contributed by atoms with van der Waals surface area (Å²) in [5.41, 5.74) is 5.76. The molecule has 28 heavy (non-hydrogen) atoms. The van der Waals surface area contributed by atoms with Crippen molar-refractivity contribution in [2.45, 2.75) is 20.0 Å². The molecule has 2 aromatic rings. The van der Waals surface area contributed by atoms with Crippen molar-refractivity contribution in [3.05, 3.63) is 57.2 Å². The molecule has 0 saturated carbocycles. The second kappa shape index (κ2) is 10.2. The van der Waals surface area contributed by atoms with Crippen molar-refractivity contribution in [2.75, 3.05) is 7.11 Å². The lowest BCUT2D eigenvalue weighted by Crippen LogP contribution is -2.48. The minimum atomic E-state index is -0.417. The number of hydrogen-bond acceptors (Lipinski definition) is 5. The van der Waals surface area contributed by atoms with Crippen molar-refractivity contribution in [3.8, 4) is 11.5 Å². The summed E-state index contributed by atoms with van der Waals surface area (Å²) in [5, 5.41) is 2.47. The molecule has 0 aliphatic rings. The molecule has 0 aliphatic heterocycles. The number of hydrazine groups is 1. The van der Waals surface area contributed by atoms with Gasteiger partial charge in [-0.1, -0.05) is 6.07 Å². The molecule has 9 heteroatoms. The standard InChI is InChI=1S/C19H20IN3O4S/c1-11(2)27-14-6-4-5-12(9-14)17(24)21-19(28)23-22-18(25)13-7-8-16(26-3)15(20)10-13/h4-11H,1-3H3,(H,22,25)(H2,21,23,24,28). The van der Waals surface area contributed by atoms with Crippen LogP contribution in [0, 0.1) is 3.57 Å². The Bertz CT molecular complexity index is 889. The Morgan fingerprint density at radius 1 is 1.04 bits per heavy atom. The molecule has 0 saturated heterocycles. The lowest BCUT2D eigenvalue weighted by Gasteiger charge is -2.13. The zero-order valence-corrected chi connectivity index (χ0v) is 18.5. The first-order valence-corrected chi connectivity index (χ1v) is 9.80. The SMILES string of the molecule is COc1ccc(C(=O)NNC(=S)NC(=O)c2cccc(OC(C)C)c2)cc1I. The lowest BCUT2D eigenvalue weighted by molar-refractivity contribution is 0.0934. The Kier molecular flexibility index (Phi) is 8.00. The summed E-state index contributed by atoms with van der Waals surface area (Å²) in [6.07, 6.45) is -0.00252. The number of thiocarbonyl (C=S) groups is 1. The van der Waals surface area contributed by atoms with E-state index in [0.717, 1.165) is 3.57 Å². The summed E-state index contributed by atoms with van der Waals surface area (Å²) < 4.78 is 11.5. The zero-order valence-electron chi connectivity index (χ0n) is 15.5. The van der Waals surface area contributed by atoms with E-state index in [4.69, 9.17) is 21.7 Å². The minimum absolute atomic E-state index is 0.00252. The van der Waals surface area contributed by atoms with Gasteiger partial charge in [0.1, 0.15) is 11.5 Å². The average Bonchev–Trinajstić information content (AvgIpc) is 2.65. The van der Waals surface area contributed by atoms with Crippen molar-refractivity contribution in [3.63, 3.8) is 0 Å². The Morgan fingerprint density at radius 2 is 1.75 bits per heavy atom. The number of ether oxygens (including phenoxy) is 2. The molecule has 2 aromatic carbocycles. The Balaban J connectivity index is 1.90. The van der Waals surface area contributed by atoms with Crippen LogP contribution < -0.4 is 25.6 Å². The van der Waals surface area contributed by atoms with Crippen LogP contribution in [0.15, 0.2) is 42.5 Å². The Labute approximate surface area is 182 Å². The van der Waals surface area contributed by atoms with Crippen LogP contribution >= 0.6 is 34.8 Å². The molecule has 0 radical (unpaired) electrons. The first-order chi connectivity index (χ1) is 13.3. The maximum Gasteiger partial charge on any atom is 0.269 e. The summed E-state index contributed by atoms with van der Waals surface area (Å²) in [6.45, 7) is 3.80. The predicted octanol–water partition coefficient (Wildman–Crippen LogP) is 3.04. The number of carbonyl (C=O) groups excluding carboxylic acids is 2. The first-order valence-electron chi connectivity index (χ1n) is 8.32. The van der Waals surface area contributed by atoms with Crippen LogP contribution in [0.25, 0.3) is 0 Å². The van der Waals surface area contributed by atoms with Crippen molar-refractivity contribution >= 4 is 51.7 Å². The van der Waals surface area contributed by atoms with Crippen molar-refractivity contribution < 1.29 is 19.1 Å². The molecule has 2 amide bonds. The molecule has 3 N–H and O–H groups in total. The number of halogens is 1. The highest BCUT2D eigenvalue weighted by molar-refractivity contribution is 14.1. The average molecular weight is 513 g/mol. The van der Waals surface area contributed by atoms with Gasteiger partial charge in [-0.2, -0.15) is 0 Å². The highest BCUT2D eigenvalue weighted by Crippen LogP contribution is 2.21. The number of benzene rings is 2. The topological polar surface area (TPSA) is 88.7 Å². The summed E-state index contributed by atoms with van der Waals surface area (Å²) in [4.78, 5) is 24.5. The number of methoxy groups -OCH3 is 1. The molecular formula is C19H20IN3O4S. The van der Waals surface area contributed by atoms with Crippen LogP contribution in [0.4, 0.5) is 0 Å². The maximum atomic E-state index is 12.3. The van der Waals surface area contributed by atoms with E-state index in [9.17, 15) is 9.59 Å². The second-order valence-electron chi connectivity index (χ2n) is 5.91. The van der Waals surface area contributed by atoms with Crippen LogP contribution in [0.2, 0.25) is 0 Å². The monoisotopic (exact) mass is 513 g/mol. The van der Waals surface area contributed by atoms with E-state index in [1.165, 1.54) is 0 Å². The third-order valence-corrected chi connectivity index (χ3v) is 4.45. The van der Waals surface area contributed by atoms with E-state index in [2.05, 4.69) is 38.8 Å². The molecule has 0 aromatic heterocycles. The van der Waals surface area contributed by atoms with Gasteiger partial charge in [-0.05, 0) is 85.1 Å². The second-order valence-corrected chi connectivity index (χ2v) is 7.48. The van der Waals surface area contributed by atoms with E-state index < -0.39 is 11.8 Å². The van der Waals surface area contributed by atoms with Gasteiger partial charge in [0.25, 0.3) is 11.8 Å². The van der Waals surface area contributed by atoms with Crippen molar-refractivity contribution in [2.24, 2.45) is 0 Å². The highest BCUT2D eigenvalue weighted by atomic mass is 127. The number of nitrogens with one attached hydrogen (secondary N) is 3. The van der Waals surface area contributed by atoms with Crippen LogP contribution in [0.5, 0.6) is 11.5 Å². The van der Waals surface area contributed by atoms with Gasteiger partial charge < -0.3 is 9.47 Å². The largest absolute Gasteiger partial charge is 0.496 e. The molecule has 0 spiro atoms. The van der Waals surface area contributed by atoms with Crippen molar-refractivity contribution in [1.82, 2.24) is 16.2 Å². The molecular weight excluding hydrogens is 493 g/mol. The fourth-order valence-electron chi connectivity index (χ4n) is 2.18. The number of hydrogen-bond donors (Lipinski definition) is 3. The van der Waals surface area contributed by atoms with E-state index in [1.807, 2.05) is 13.8 Å². The van der Waals surface area contributed by atoms with Crippen LogP contribution in [0.3, 0.4) is 0 Å². The molecule has 0 atom stereocenters. The minimum Gasteiger partial charge on any atom is -0.496 e. The molecule has 0 heterocycles. The van der Waals surface area contributed by atoms with E-state index >= 15 is 0 Å². The summed E-state index contributed by atoms with van der Waals surface area (Å²) >= 11 is 7.13. The van der Waals surface area contributed by atoms with E-state index in [1.54, 1.807) is 49.6 Å². The summed E-state index contributed by atoms with van der Waals surface area (Å²) in [7, 11) is 1.56. The van der Waals surface area contributed by atoms with Gasteiger partial charge in [-0.25, -0.2) is 0 Å². The molecule has 0 aliphatic carbocycles. The van der Waals surface area contributed by atoms with Gasteiger partial charge in [0.2, 0.25) is 0 Å². The number of amides is 2. The summed E-state index contributed by atoms with van der Waals surface area (Å²) in [5.74, 6) is 0.449. The predicted molar refractivity (Wildman–Crippen MR) is 119 cm³/mol. The molecule has 7 nitrogen and oxygen atoms in total. The van der Waals surface area contributed by atoms with Crippen LogP contribution in [0.1, 0.15) is 34.6 Å². The Hall–Kier alpha value is -2.40. The van der Waals surface area contributed by atoms with Gasteiger partial charge in [0.05, 0.1) is 16.8 Å².